The maximum Gasteiger partial charge on any atom is 0.328 e. The van der Waals surface area contributed by atoms with Gasteiger partial charge in [-0.2, -0.15) is 4.39 Å². The first kappa shape index (κ1) is 13.0. The Hall–Kier alpha value is -2.02. The van der Waals surface area contributed by atoms with E-state index in [1.807, 2.05) is 5.32 Å². The molecule has 1 amide bonds. The van der Waals surface area contributed by atoms with Crippen LogP contribution in [0.1, 0.15) is 17.3 Å². The highest BCUT2D eigenvalue weighted by molar-refractivity contribution is 5.96. The van der Waals surface area contributed by atoms with Crippen LogP contribution in [0.4, 0.5) is 4.39 Å². The number of carboxylic acids is 1. The van der Waals surface area contributed by atoms with Gasteiger partial charge in [-0.1, -0.05) is 0 Å². The zero-order valence-corrected chi connectivity index (χ0v) is 8.92. The Kier molecular flexibility index (Phi) is 4.11. The molecule has 1 aromatic rings. The second-order valence-corrected chi connectivity index (χ2v) is 3.37. The summed E-state index contributed by atoms with van der Waals surface area (Å²) in [6.45, 7) is 1.21. The standard InChI is InChI=1S/C10H11FN2O4/c1-5(14)7(10(16)17)13-9(15)6-3-2-4-12-8(6)11/h2-5,7,14H,1H3,(H,13,15)(H,16,17). The summed E-state index contributed by atoms with van der Waals surface area (Å²) in [6.07, 6.45) is -0.133. The molecule has 0 fully saturated rings. The number of nitrogens with zero attached hydrogens (tertiary/aromatic N) is 1. The van der Waals surface area contributed by atoms with Gasteiger partial charge in [-0.25, -0.2) is 9.78 Å². The number of carboxylic acid groups (broad SMARTS) is 1. The summed E-state index contributed by atoms with van der Waals surface area (Å²) in [5, 5.41) is 19.9. The van der Waals surface area contributed by atoms with Crippen molar-refractivity contribution in [1.82, 2.24) is 10.3 Å². The van der Waals surface area contributed by atoms with E-state index >= 15 is 0 Å². The van der Waals surface area contributed by atoms with E-state index in [0.29, 0.717) is 0 Å². The lowest BCUT2D eigenvalue weighted by Crippen LogP contribution is -2.47. The molecule has 1 heterocycles. The Morgan fingerprint density at radius 3 is 2.65 bits per heavy atom. The van der Waals surface area contributed by atoms with Crippen molar-refractivity contribution in [2.75, 3.05) is 0 Å². The molecule has 0 spiro atoms. The molecule has 17 heavy (non-hydrogen) atoms. The number of nitrogens with one attached hydrogen (secondary N) is 1. The van der Waals surface area contributed by atoms with Gasteiger partial charge in [0.15, 0.2) is 6.04 Å². The van der Waals surface area contributed by atoms with Gasteiger partial charge in [0.1, 0.15) is 0 Å². The van der Waals surface area contributed by atoms with Gasteiger partial charge >= 0.3 is 5.97 Å². The van der Waals surface area contributed by atoms with Gasteiger partial charge in [-0.3, -0.25) is 4.79 Å². The highest BCUT2D eigenvalue weighted by atomic mass is 19.1. The number of amides is 1. The van der Waals surface area contributed by atoms with Crippen LogP contribution in [0, 0.1) is 5.95 Å². The number of aliphatic hydroxyl groups is 1. The fraction of sp³-hybridized carbons (Fsp3) is 0.300. The monoisotopic (exact) mass is 242 g/mol. The van der Waals surface area contributed by atoms with Gasteiger partial charge in [0, 0.05) is 6.20 Å². The van der Waals surface area contributed by atoms with Crippen molar-refractivity contribution in [1.29, 1.82) is 0 Å². The summed E-state index contributed by atoms with van der Waals surface area (Å²) in [7, 11) is 0. The molecular weight excluding hydrogens is 231 g/mol. The van der Waals surface area contributed by atoms with Crippen molar-refractivity contribution in [3.63, 3.8) is 0 Å². The molecule has 0 saturated carbocycles. The maximum atomic E-state index is 13.1. The quantitative estimate of drug-likeness (QED) is 0.634. The summed E-state index contributed by atoms with van der Waals surface area (Å²) in [6, 6.07) is 1.01. The summed E-state index contributed by atoms with van der Waals surface area (Å²) >= 11 is 0. The lowest BCUT2D eigenvalue weighted by atomic mass is 10.1. The molecule has 92 valence electrons. The molecule has 1 aromatic heterocycles. The lowest BCUT2D eigenvalue weighted by molar-refractivity contribution is -0.141. The Bertz CT molecular complexity index is 436. The summed E-state index contributed by atoms with van der Waals surface area (Å²) in [5.41, 5.74) is -0.376. The average molecular weight is 242 g/mol. The lowest BCUT2D eigenvalue weighted by Gasteiger charge is -2.16. The fourth-order valence-electron chi connectivity index (χ4n) is 1.16. The van der Waals surface area contributed by atoms with Gasteiger partial charge in [0.05, 0.1) is 11.7 Å². The van der Waals surface area contributed by atoms with Crippen LogP contribution < -0.4 is 5.32 Å². The second-order valence-electron chi connectivity index (χ2n) is 3.37. The molecule has 0 radical (unpaired) electrons. The Morgan fingerprint density at radius 2 is 2.18 bits per heavy atom. The molecule has 1 rings (SSSR count). The van der Waals surface area contributed by atoms with Crippen molar-refractivity contribution in [3.05, 3.63) is 29.8 Å². The number of aliphatic hydroxyl groups excluding tert-OH is 1. The summed E-state index contributed by atoms with van der Waals surface area (Å²) in [5.74, 6) is -3.35. The first-order valence-electron chi connectivity index (χ1n) is 4.75. The predicted octanol–water partition coefficient (Wildman–Crippen LogP) is -0.216. The van der Waals surface area contributed by atoms with E-state index in [4.69, 9.17) is 10.2 Å². The predicted molar refractivity (Wildman–Crippen MR) is 54.8 cm³/mol. The van der Waals surface area contributed by atoms with Gasteiger partial charge < -0.3 is 15.5 Å². The van der Waals surface area contributed by atoms with E-state index in [1.54, 1.807) is 0 Å². The van der Waals surface area contributed by atoms with Crippen LogP contribution in [0.5, 0.6) is 0 Å². The molecule has 7 heteroatoms. The maximum absolute atomic E-state index is 13.1. The van der Waals surface area contributed by atoms with Crippen molar-refractivity contribution >= 4 is 11.9 Å². The Labute approximate surface area is 96.1 Å². The normalized spacial score (nSPS) is 13.8. The first-order valence-corrected chi connectivity index (χ1v) is 4.75. The average Bonchev–Trinajstić information content (AvgIpc) is 2.25. The van der Waals surface area contributed by atoms with Crippen molar-refractivity contribution < 1.29 is 24.2 Å². The van der Waals surface area contributed by atoms with Crippen LogP contribution in [0.3, 0.4) is 0 Å². The van der Waals surface area contributed by atoms with Crippen LogP contribution >= 0.6 is 0 Å². The molecule has 0 bridgehead atoms. The minimum atomic E-state index is -1.50. The molecule has 2 unspecified atom stereocenters. The number of hydrogen-bond acceptors (Lipinski definition) is 4. The van der Waals surface area contributed by atoms with Crippen LogP contribution in [-0.4, -0.2) is 39.2 Å². The highest BCUT2D eigenvalue weighted by Crippen LogP contribution is 2.04. The number of carbonyl (C=O) groups is 2. The van der Waals surface area contributed by atoms with Crippen molar-refractivity contribution in [2.24, 2.45) is 0 Å². The van der Waals surface area contributed by atoms with Gasteiger partial charge in [0.25, 0.3) is 5.91 Å². The second kappa shape index (κ2) is 5.35. The molecule has 0 aromatic carbocycles. The first-order chi connectivity index (χ1) is 7.93. The molecule has 0 aliphatic rings. The number of hydrogen-bond donors (Lipinski definition) is 3. The van der Waals surface area contributed by atoms with E-state index < -0.39 is 30.0 Å². The van der Waals surface area contributed by atoms with Crippen LogP contribution in [-0.2, 0) is 4.79 Å². The smallest absolute Gasteiger partial charge is 0.328 e. The number of carbonyl (C=O) groups excluding carboxylic acids is 1. The van der Waals surface area contributed by atoms with E-state index in [1.165, 1.54) is 19.1 Å². The number of aliphatic carboxylic acids is 1. The van der Waals surface area contributed by atoms with Gasteiger partial charge in [-0.05, 0) is 19.1 Å². The third-order valence-corrected chi connectivity index (χ3v) is 2.04. The summed E-state index contributed by atoms with van der Waals surface area (Å²) < 4.78 is 13.1. The minimum Gasteiger partial charge on any atom is -0.480 e. The van der Waals surface area contributed by atoms with E-state index in [2.05, 4.69) is 4.98 Å². The molecule has 0 aliphatic heterocycles. The van der Waals surface area contributed by atoms with E-state index in [0.717, 1.165) is 6.20 Å². The van der Waals surface area contributed by atoms with E-state index in [-0.39, 0.29) is 5.56 Å². The zero-order valence-electron chi connectivity index (χ0n) is 8.92. The minimum absolute atomic E-state index is 0.376. The largest absolute Gasteiger partial charge is 0.480 e. The molecular formula is C10H11FN2O4. The van der Waals surface area contributed by atoms with Crippen molar-refractivity contribution in [3.8, 4) is 0 Å². The number of halogens is 1. The van der Waals surface area contributed by atoms with Crippen molar-refractivity contribution in [2.45, 2.75) is 19.1 Å². The SMILES string of the molecule is CC(O)C(NC(=O)c1cccnc1F)C(=O)O. The third-order valence-electron chi connectivity index (χ3n) is 2.04. The van der Waals surface area contributed by atoms with Gasteiger partial charge in [0.2, 0.25) is 5.95 Å². The summed E-state index contributed by atoms with van der Waals surface area (Å²) in [4.78, 5) is 25.5. The number of aromatic nitrogens is 1. The molecule has 6 nitrogen and oxygen atoms in total. The molecule has 3 N–H and O–H groups in total. The van der Waals surface area contributed by atoms with E-state index in [9.17, 15) is 14.0 Å². The highest BCUT2D eigenvalue weighted by Gasteiger charge is 2.26. The van der Waals surface area contributed by atoms with Crippen LogP contribution in [0.15, 0.2) is 18.3 Å². The third kappa shape index (κ3) is 3.22. The molecule has 2 atom stereocenters. The zero-order chi connectivity index (χ0) is 13.0. The topological polar surface area (TPSA) is 99.5 Å². The Morgan fingerprint density at radius 1 is 1.53 bits per heavy atom. The van der Waals surface area contributed by atoms with Crippen LogP contribution in [0.25, 0.3) is 0 Å². The van der Waals surface area contributed by atoms with Gasteiger partial charge in [-0.15, -0.1) is 0 Å². The van der Waals surface area contributed by atoms with Crippen LogP contribution in [0.2, 0.25) is 0 Å². The fourth-order valence-corrected chi connectivity index (χ4v) is 1.16. The number of pyridine rings is 1. The number of rotatable bonds is 4. The molecule has 0 saturated heterocycles. The molecule has 0 aliphatic carbocycles. The Balaban J connectivity index is 2.85.